The Bertz CT molecular complexity index is 387. The van der Waals surface area contributed by atoms with Crippen LogP contribution in [0, 0.1) is 0 Å². The van der Waals surface area contributed by atoms with E-state index in [1.54, 1.807) is 0 Å². The van der Waals surface area contributed by atoms with Gasteiger partial charge in [-0.2, -0.15) is 0 Å². The Morgan fingerprint density at radius 3 is 1.93 bits per heavy atom. The summed E-state index contributed by atoms with van der Waals surface area (Å²) in [7, 11) is 0. The lowest BCUT2D eigenvalue weighted by Gasteiger charge is -2.35. The van der Waals surface area contributed by atoms with Crippen LogP contribution >= 0.6 is 0 Å². The highest BCUT2D eigenvalue weighted by molar-refractivity contribution is 4.86. The molecule has 172 valence electrons. The highest BCUT2D eigenvalue weighted by Gasteiger charge is 2.37. The molecule has 29 heavy (non-hydrogen) atoms. The van der Waals surface area contributed by atoms with E-state index in [1.165, 1.54) is 77.0 Å². The molecule has 0 amide bonds. The SMILES string of the molecule is CCCCCCCCCCCCC/C=C/CCCOC[C@@H]1OC[C@@H](O)[C@H](O)[C@H]1O. The van der Waals surface area contributed by atoms with Crippen LogP contribution in [0.3, 0.4) is 0 Å². The first-order valence-corrected chi connectivity index (χ1v) is 12.0. The number of aliphatic hydroxyl groups excluding tert-OH is 3. The number of hydrogen-bond donors (Lipinski definition) is 3. The first-order chi connectivity index (χ1) is 14.2. The van der Waals surface area contributed by atoms with Gasteiger partial charge in [0.15, 0.2) is 0 Å². The van der Waals surface area contributed by atoms with Crippen molar-refractivity contribution in [3.8, 4) is 0 Å². The van der Waals surface area contributed by atoms with E-state index in [0.29, 0.717) is 6.61 Å². The highest BCUT2D eigenvalue weighted by atomic mass is 16.6. The van der Waals surface area contributed by atoms with E-state index in [2.05, 4.69) is 19.1 Å². The number of unbranched alkanes of at least 4 members (excludes halogenated alkanes) is 12. The molecule has 4 atom stereocenters. The van der Waals surface area contributed by atoms with Crippen LogP contribution in [0.25, 0.3) is 0 Å². The molecule has 5 heteroatoms. The zero-order valence-electron chi connectivity index (χ0n) is 18.6. The molecule has 0 radical (unpaired) electrons. The summed E-state index contributed by atoms with van der Waals surface area (Å²) in [6.45, 7) is 3.15. The third-order valence-electron chi connectivity index (χ3n) is 5.69. The summed E-state index contributed by atoms with van der Waals surface area (Å²) in [5.41, 5.74) is 0. The lowest BCUT2D eigenvalue weighted by Crippen LogP contribution is -2.54. The van der Waals surface area contributed by atoms with Gasteiger partial charge in [0.2, 0.25) is 0 Å². The average molecular weight is 415 g/mol. The fourth-order valence-electron chi connectivity index (χ4n) is 3.68. The molecule has 0 unspecified atom stereocenters. The summed E-state index contributed by atoms with van der Waals surface area (Å²) in [6.07, 6.45) is 19.0. The molecule has 0 aromatic rings. The molecule has 1 aliphatic heterocycles. The first-order valence-electron chi connectivity index (χ1n) is 12.0. The van der Waals surface area contributed by atoms with Crippen molar-refractivity contribution in [1.82, 2.24) is 0 Å². The molecule has 0 spiro atoms. The van der Waals surface area contributed by atoms with Crippen molar-refractivity contribution >= 4 is 0 Å². The topological polar surface area (TPSA) is 79.2 Å². The van der Waals surface area contributed by atoms with Crippen LogP contribution in [0.1, 0.15) is 96.8 Å². The molecule has 1 heterocycles. The minimum Gasteiger partial charge on any atom is -0.388 e. The Kier molecular flexibility index (Phi) is 16.8. The molecular formula is C24H46O5. The lowest BCUT2D eigenvalue weighted by atomic mass is 10.0. The van der Waals surface area contributed by atoms with Gasteiger partial charge in [-0.05, 0) is 25.7 Å². The van der Waals surface area contributed by atoms with Crippen molar-refractivity contribution in [2.75, 3.05) is 19.8 Å². The van der Waals surface area contributed by atoms with E-state index in [4.69, 9.17) is 9.47 Å². The van der Waals surface area contributed by atoms with Crippen molar-refractivity contribution in [3.05, 3.63) is 12.2 Å². The minimum atomic E-state index is -1.16. The van der Waals surface area contributed by atoms with Crippen molar-refractivity contribution in [2.24, 2.45) is 0 Å². The van der Waals surface area contributed by atoms with Gasteiger partial charge in [-0.3, -0.25) is 0 Å². The molecule has 1 aliphatic rings. The van der Waals surface area contributed by atoms with E-state index in [9.17, 15) is 15.3 Å². The van der Waals surface area contributed by atoms with Gasteiger partial charge >= 0.3 is 0 Å². The number of rotatable bonds is 18. The summed E-state index contributed by atoms with van der Waals surface area (Å²) in [5.74, 6) is 0. The number of allylic oxidation sites excluding steroid dienone is 2. The van der Waals surface area contributed by atoms with Crippen LogP contribution in [0.15, 0.2) is 12.2 Å². The van der Waals surface area contributed by atoms with Gasteiger partial charge in [-0.15, -0.1) is 0 Å². The highest BCUT2D eigenvalue weighted by Crippen LogP contribution is 2.16. The normalized spacial score (nSPS) is 25.1. The maximum absolute atomic E-state index is 9.83. The number of ether oxygens (including phenoxy) is 2. The van der Waals surface area contributed by atoms with Crippen LogP contribution in [-0.2, 0) is 9.47 Å². The predicted molar refractivity (Wildman–Crippen MR) is 118 cm³/mol. The molecule has 1 saturated heterocycles. The molecule has 1 rings (SSSR count). The van der Waals surface area contributed by atoms with Gasteiger partial charge in [0.1, 0.15) is 24.4 Å². The Morgan fingerprint density at radius 2 is 1.31 bits per heavy atom. The fourth-order valence-corrected chi connectivity index (χ4v) is 3.68. The lowest BCUT2D eigenvalue weighted by molar-refractivity contribution is -0.199. The van der Waals surface area contributed by atoms with E-state index < -0.39 is 24.4 Å². The van der Waals surface area contributed by atoms with Gasteiger partial charge in [-0.25, -0.2) is 0 Å². The third-order valence-corrected chi connectivity index (χ3v) is 5.69. The van der Waals surface area contributed by atoms with Crippen molar-refractivity contribution in [2.45, 2.75) is 121 Å². The standard InChI is InChI=1S/C24H46O5/c1-2-3-4-5-6-7-8-9-10-11-12-13-14-15-16-17-18-28-20-22-24(27)23(26)21(25)19-29-22/h14-15,21-27H,2-13,16-20H2,1H3/b15-14+/t21-,22+,23+,24+/m1/s1. The summed E-state index contributed by atoms with van der Waals surface area (Å²) < 4.78 is 10.8. The summed E-state index contributed by atoms with van der Waals surface area (Å²) >= 11 is 0. The predicted octanol–water partition coefficient (Wildman–Crippen LogP) is 4.52. The quantitative estimate of drug-likeness (QED) is 0.227. The van der Waals surface area contributed by atoms with E-state index in [1.807, 2.05) is 0 Å². The zero-order valence-corrected chi connectivity index (χ0v) is 18.6. The second-order valence-corrected chi connectivity index (χ2v) is 8.43. The summed E-state index contributed by atoms with van der Waals surface area (Å²) in [5, 5.41) is 28.9. The second kappa shape index (κ2) is 18.3. The molecule has 1 fully saturated rings. The molecule has 0 aliphatic carbocycles. The van der Waals surface area contributed by atoms with Gasteiger partial charge < -0.3 is 24.8 Å². The average Bonchev–Trinajstić information content (AvgIpc) is 2.72. The molecule has 0 aromatic carbocycles. The smallest absolute Gasteiger partial charge is 0.111 e. The van der Waals surface area contributed by atoms with Gasteiger partial charge in [0.25, 0.3) is 0 Å². The van der Waals surface area contributed by atoms with Gasteiger partial charge in [0.05, 0.1) is 13.2 Å². The van der Waals surface area contributed by atoms with Crippen LogP contribution in [0.2, 0.25) is 0 Å². The molecule has 0 aromatic heterocycles. The fraction of sp³-hybridized carbons (Fsp3) is 0.917. The maximum Gasteiger partial charge on any atom is 0.111 e. The van der Waals surface area contributed by atoms with Crippen LogP contribution < -0.4 is 0 Å². The van der Waals surface area contributed by atoms with Crippen molar-refractivity contribution in [1.29, 1.82) is 0 Å². The number of hydrogen-bond acceptors (Lipinski definition) is 5. The van der Waals surface area contributed by atoms with E-state index in [0.717, 1.165) is 12.8 Å². The Hall–Kier alpha value is -0.460. The van der Waals surface area contributed by atoms with Crippen LogP contribution in [0.5, 0.6) is 0 Å². The Balaban J connectivity index is 1.81. The first kappa shape index (κ1) is 26.6. The summed E-state index contributed by atoms with van der Waals surface area (Å²) in [6, 6.07) is 0. The minimum absolute atomic E-state index is 0.0358. The van der Waals surface area contributed by atoms with Crippen LogP contribution in [-0.4, -0.2) is 59.6 Å². The maximum atomic E-state index is 9.83. The largest absolute Gasteiger partial charge is 0.388 e. The van der Waals surface area contributed by atoms with Crippen molar-refractivity contribution in [3.63, 3.8) is 0 Å². The van der Waals surface area contributed by atoms with Crippen molar-refractivity contribution < 1.29 is 24.8 Å². The molecule has 5 nitrogen and oxygen atoms in total. The zero-order chi connectivity index (χ0) is 21.2. The summed E-state index contributed by atoms with van der Waals surface area (Å²) in [4.78, 5) is 0. The van der Waals surface area contributed by atoms with Gasteiger partial charge in [-0.1, -0.05) is 83.3 Å². The third kappa shape index (κ3) is 13.5. The number of aliphatic hydroxyl groups is 3. The van der Waals surface area contributed by atoms with Crippen LogP contribution in [0.4, 0.5) is 0 Å². The second-order valence-electron chi connectivity index (χ2n) is 8.43. The van der Waals surface area contributed by atoms with Gasteiger partial charge in [0, 0.05) is 6.61 Å². The molecule has 0 saturated carbocycles. The molecule has 3 N–H and O–H groups in total. The monoisotopic (exact) mass is 414 g/mol. The molecular weight excluding hydrogens is 368 g/mol. The van der Waals surface area contributed by atoms with E-state index in [-0.39, 0.29) is 13.2 Å². The van der Waals surface area contributed by atoms with E-state index >= 15 is 0 Å². The molecule has 0 bridgehead atoms. The Morgan fingerprint density at radius 1 is 0.759 bits per heavy atom. The Labute approximate surface area is 178 Å².